The molecule has 0 bridgehead atoms. The van der Waals surface area contributed by atoms with Crippen LogP contribution in [0.25, 0.3) is 0 Å². The predicted molar refractivity (Wildman–Crippen MR) is 114 cm³/mol. The van der Waals surface area contributed by atoms with Crippen LogP contribution < -0.4 is 5.56 Å². The van der Waals surface area contributed by atoms with E-state index >= 15 is 0 Å². The number of piperidine rings is 1. The fourth-order valence-corrected chi connectivity index (χ4v) is 4.99. The van der Waals surface area contributed by atoms with Crippen molar-refractivity contribution < 1.29 is 9.53 Å². The van der Waals surface area contributed by atoms with E-state index in [2.05, 4.69) is 14.9 Å². The Hall–Kier alpha value is -2.58. The fraction of sp³-hybridized carbons (Fsp3) is 0.565. The molecule has 0 radical (unpaired) electrons. The highest BCUT2D eigenvalue weighted by Crippen LogP contribution is 2.31. The Morgan fingerprint density at radius 3 is 2.84 bits per heavy atom. The molecular weight excluding hydrogens is 394 g/mol. The van der Waals surface area contributed by atoms with E-state index in [1.807, 2.05) is 17.0 Å². The molecule has 3 aliphatic heterocycles. The maximum absolute atomic E-state index is 13.1. The summed E-state index contributed by atoms with van der Waals surface area (Å²) in [5, 5.41) is 0. The van der Waals surface area contributed by atoms with E-state index in [4.69, 9.17) is 9.72 Å². The average molecular weight is 424 g/mol. The lowest BCUT2D eigenvalue weighted by Gasteiger charge is -2.37. The lowest BCUT2D eigenvalue weighted by Crippen LogP contribution is -2.45. The second-order valence-electron chi connectivity index (χ2n) is 8.74. The zero-order valence-electron chi connectivity index (χ0n) is 17.8. The zero-order valence-corrected chi connectivity index (χ0v) is 17.8. The summed E-state index contributed by atoms with van der Waals surface area (Å²) < 4.78 is 5.64. The first-order chi connectivity index (χ1) is 15.2. The SMILES string of the molecule is O=C([C@@H]1CCCO1)N1CCCC[C@@H]1c1nc2c(c(=O)[nH]1)CCN(Cc1ccncc1)C2. The van der Waals surface area contributed by atoms with Gasteiger partial charge in [0, 0.05) is 50.7 Å². The molecule has 5 rings (SSSR count). The number of nitrogens with one attached hydrogen (secondary N) is 1. The molecule has 1 amide bonds. The van der Waals surface area contributed by atoms with Crippen molar-refractivity contribution in [1.29, 1.82) is 0 Å². The number of amides is 1. The van der Waals surface area contributed by atoms with E-state index in [0.717, 1.165) is 56.5 Å². The number of pyridine rings is 1. The zero-order chi connectivity index (χ0) is 21.2. The number of nitrogens with zero attached hydrogens (tertiary/aromatic N) is 4. The van der Waals surface area contributed by atoms with Crippen LogP contribution in [0.3, 0.4) is 0 Å². The Morgan fingerprint density at radius 1 is 1.16 bits per heavy atom. The molecule has 8 heteroatoms. The minimum Gasteiger partial charge on any atom is -0.368 e. The molecule has 0 aromatic carbocycles. The van der Waals surface area contributed by atoms with Crippen LogP contribution in [0.5, 0.6) is 0 Å². The minimum absolute atomic E-state index is 0.0434. The minimum atomic E-state index is -0.346. The monoisotopic (exact) mass is 423 g/mol. The molecule has 2 aromatic rings. The fourth-order valence-electron chi connectivity index (χ4n) is 4.99. The van der Waals surface area contributed by atoms with Gasteiger partial charge >= 0.3 is 0 Å². The molecule has 164 valence electrons. The highest BCUT2D eigenvalue weighted by molar-refractivity contribution is 5.81. The van der Waals surface area contributed by atoms with Crippen molar-refractivity contribution in [2.45, 2.75) is 63.8 Å². The molecule has 1 N–H and O–H groups in total. The highest BCUT2D eigenvalue weighted by atomic mass is 16.5. The van der Waals surface area contributed by atoms with Gasteiger partial charge in [0.15, 0.2) is 0 Å². The van der Waals surface area contributed by atoms with Crippen LogP contribution in [0.2, 0.25) is 0 Å². The van der Waals surface area contributed by atoms with Gasteiger partial charge in [-0.3, -0.25) is 19.5 Å². The third-order valence-electron chi connectivity index (χ3n) is 6.63. The second-order valence-corrected chi connectivity index (χ2v) is 8.74. The average Bonchev–Trinajstić information content (AvgIpc) is 3.34. The number of hydrogen-bond acceptors (Lipinski definition) is 6. The lowest BCUT2D eigenvalue weighted by atomic mass is 9.99. The van der Waals surface area contributed by atoms with Crippen LogP contribution in [-0.2, 0) is 29.0 Å². The van der Waals surface area contributed by atoms with Gasteiger partial charge in [-0.05, 0) is 56.2 Å². The van der Waals surface area contributed by atoms with Gasteiger partial charge in [-0.2, -0.15) is 0 Å². The Bertz CT molecular complexity index is 986. The summed E-state index contributed by atoms with van der Waals surface area (Å²) in [6.45, 7) is 3.61. The first-order valence-electron chi connectivity index (χ1n) is 11.3. The normalized spacial score (nSPS) is 24.2. The van der Waals surface area contributed by atoms with Crippen LogP contribution in [0, 0.1) is 0 Å². The van der Waals surface area contributed by atoms with Crippen LogP contribution in [0.1, 0.15) is 60.8 Å². The number of H-pyrrole nitrogens is 1. The van der Waals surface area contributed by atoms with Gasteiger partial charge in [-0.1, -0.05) is 0 Å². The van der Waals surface area contributed by atoms with E-state index in [-0.39, 0.29) is 23.6 Å². The van der Waals surface area contributed by atoms with E-state index in [1.54, 1.807) is 12.4 Å². The topological polar surface area (TPSA) is 91.4 Å². The first-order valence-corrected chi connectivity index (χ1v) is 11.3. The molecule has 2 fully saturated rings. The number of likely N-dealkylation sites (tertiary alicyclic amines) is 1. The number of fused-ring (bicyclic) bond motifs is 1. The Labute approximate surface area is 181 Å². The third-order valence-corrected chi connectivity index (χ3v) is 6.63. The number of carbonyl (C=O) groups is 1. The van der Waals surface area contributed by atoms with Crippen molar-refractivity contribution in [3.63, 3.8) is 0 Å². The smallest absolute Gasteiger partial charge is 0.254 e. The van der Waals surface area contributed by atoms with Gasteiger partial charge in [0.2, 0.25) is 0 Å². The van der Waals surface area contributed by atoms with Gasteiger partial charge in [-0.25, -0.2) is 4.98 Å². The second kappa shape index (κ2) is 8.88. The summed E-state index contributed by atoms with van der Waals surface area (Å²) >= 11 is 0. The standard InChI is InChI=1S/C23H29N5O3/c29-22-17-8-12-27(14-16-6-9-24-10-7-16)15-18(17)25-21(26-22)19-4-1-2-11-28(19)23(30)20-5-3-13-31-20/h6-7,9-10,19-20H,1-5,8,11-15H2,(H,25,26,29)/t19-,20+/m1/s1. The van der Waals surface area contributed by atoms with Gasteiger partial charge in [0.1, 0.15) is 11.9 Å². The lowest BCUT2D eigenvalue weighted by molar-refractivity contribution is -0.145. The number of aromatic nitrogens is 3. The number of ether oxygens (including phenoxy) is 1. The van der Waals surface area contributed by atoms with Crippen molar-refractivity contribution in [2.75, 3.05) is 19.7 Å². The van der Waals surface area contributed by atoms with Crippen molar-refractivity contribution in [3.05, 3.63) is 57.5 Å². The molecule has 0 saturated carbocycles. The Balaban J connectivity index is 1.38. The molecule has 0 aliphatic carbocycles. The maximum atomic E-state index is 13.1. The largest absolute Gasteiger partial charge is 0.368 e. The van der Waals surface area contributed by atoms with Gasteiger partial charge < -0.3 is 14.6 Å². The Kier molecular flexibility index (Phi) is 5.82. The van der Waals surface area contributed by atoms with Crippen LogP contribution in [-0.4, -0.2) is 56.5 Å². The summed E-state index contributed by atoms with van der Waals surface area (Å²) in [5.74, 6) is 0.669. The number of hydrogen-bond donors (Lipinski definition) is 1. The van der Waals surface area contributed by atoms with Crippen molar-refractivity contribution in [2.24, 2.45) is 0 Å². The van der Waals surface area contributed by atoms with Crippen molar-refractivity contribution >= 4 is 5.91 Å². The van der Waals surface area contributed by atoms with E-state index in [1.165, 1.54) is 5.56 Å². The van der Waals surface area contributed by atoms with E-state index < -0.39 is 0 Å². The summed E-state index contributed by atoms with van der Waals surface area (Å²) in [7, 11) is 0. The number of carbonyl (C=O) groups excluding carboxylic acids is 1. The molecule has 3 aliphatic rings. The van der Waals surface area contributed by atoms with Crippen LogP contribution >= 0.6 is 0 Å². The molecular formula is C23H29N5O3. The van der Waals surface area contributed by atoms with E-state index in [9.17, 15) is 9.59 Å². The van der Waals surface area contributed by atoms with Gasteiger partial charge in [0.25, 0.3) is 11.5 Å². The quantitative estimate of drug-likeness (QED) is 0.808. The van der Waals surface area contributed by atoms with Crippen LogP contribution in [0.15, 0.2) is 29.3 Å². The molecule has 0 unspecified atom stereocenters. The molecule has 8 nitrogen and oxygen atoms in total. The van der Waals surface area contributed by atoms with Gasteiger partial charge in [0.05, 0.1) is 11.7 Å². The summed E-state index contributed by atoms with van der Waals surface area (Å²) in [4.78, 5) is 42.2. The summed E-state index contributed by atoms with van der Waals surface area (Å²) in [6.07, 6.45) is 8.47. The van der Waals surface area contributed by atoms with Crippen LogP contribution in [0.4, 0.5) is 0 Å². The number of rotatable bonds is 4. The molecule has 31 heavy (non-hydrogen) atoms. The summed E-state index contributed by atoms with van der Waals surface area (Å²) in [5.41, 5.74) is 2.76. The van der Waals surface area contributed by atoms with Crippen molar-refractivity contribution in [1.82, 2.24) is 24.8 Å². The highest BCUT2D eigenvalue weighted by Gasteiger charge is 2.36. The molecule has 2 saturated heterocycles. The molecule has 2 aromatic heterocycles. The van der Waals surface area contributed by atoms with Crippen molar-refractivity contribution in [3.8, 4) is 0 Å². The number of aromatic amines is 1. The Morgan fingerprint density at radius 2 is 2.03 bits per heavy atom. The maximum Gasteiger partial charge on any atom is 0.254 e. The third kappa shape index (κ3) is 4.27. The first kappa shape index (κ1) is 20.3. The van der Waals surface area contributed by atoms with Gasteiger partial charge in [-0.15, -0.1) is 0 Å². The molecule has 5 heterocycles. The molecule has 2 atom stereocenters. The summed E-state index contributed by atoms with van der Waals surface area (Å²) in [6, 6.07) is 3.85. The predicted octanol–water partition coefficient (Wildman–Crippen LogP) is 1.96. The molecule has 0 spiro atoms. The van der Waals surface area contributed by atoms with E-state index in [0.29, 0.717) is 31.9 Å².